The molecule has 3 atom stereocenters. The van der Waals surface area contributed by atoms with E-state index in [1.165, 1.54) is 103 Å². The molecule has 0 spiro atoms. The third kappa shape index (κ3) is 36.9. The molecule has 1 amide bonds. The number of nitrogens with one attached hydrogen (secondary N) is 1. The molecule has 0 aliphatic carbocycles. The van der Waals surface area contributed by atoms with Gasteiger partial charge in [0.15, 0.2) is 0 Å². The third-order valence-electron chi connectivity index (χ3n) is 9.08. The van der Waals surface area contributed by atoms with Gasteiger partial charge in [0.2, 0.25) is 5.91 Å². The largest absolute Gasteiger partial charge is 0.472 e. The van der Waals surface area contributed by atoms with E-state index in [0.717, 1.165) is 51.4 Å². The second-order valence-electron chi connectivity index (χ2n) is 15.4. The van der Waals surface area contributed by atoms with Crippen LogP contribution in [0.25, 0.3) is 0 Å². The fourth-order valence-electron chi connectivity index (χ4n) is 5.70. The highest BCUT2D eigenvalue weighted by molar-refractivity contribution is 7.47. The van der Waals surface area contributed by atoms with Gasteiger partial charge in [0.25, 0.3) is 0 Å². The van der Waals surface area contributed by atoms with Gasteiger partial charge in [-0.15, -0.1) is 0 Å². The summed E-state index contributed by atoms with van der Waals surface area (Å²) in [5.74, 6) is -0.198. The Morgan fingerprint density at radius 2 is 1.08 bits per heavy atom. The summed E-state index contributed by atoms with van der Waals surface area (Å²) >= 11 is 0. The maximum atomic E-state index is 12.8. The van der Waals surface area contributed by atoms with Crippen molar-refractivity contribution >= 4 is 13.7 Å². The number of aliphatic hydroxyl groups is 1. The van der Waals surface area contributed by atoms with Crippen molar-refractivity contribution in [3.8, 4) is 0 Å². The molecule has 1 unspecified atom stereocenters. The van der Waals surface area contributed by atoms with Crippen LogP contribution in [0.2, 0.25) is 0 Å². The van der Waals surface area contributed by atoms with Crippen LogP contribution in [0, 0.1) is 0 Å². The van der Waals surface area contributed by atoms with E-state index in [-0.39, 0.29) is 19.1 Å². The molecule has 3 N–H and O–H groups in total. The van der Waals surface area contributed by atoms with Gasteiger partial charge >= 0.3 is 7.82 Å². The highest BCUT2D eigenvalue weighted by Gasteiger charge is 2.27. The summed E-state index contributed by atoms with van der Waals surface area (Å²) in [6.45, 7) is 4.76. The predicted octanol–water partition coefficient (Wildman–Crippen LogP) is 11.1. The molecular formula is C42H82N2O6P+. The van der Waals surface area contributed by atoms with E-state index < -0.39 is 20.0 Å². The van der Waals surface area contributed by atoms with Crippen molar-refractivity contribution < 1.29 is 32.9 Å². The standard InChI is InChI=1S/C42H81N2O6P/c1-6-8-10-12-14-16-18-20-22-24-26-28-30-32-34-36-42(46)43-40(39-50-51(47,48)49-38-37-44(3,4)5)41(45)35-33-31-29-27-25-23-21-19-17-15-13-11-9-7-2/h20,22,25,27,33,35,40-41,45H,6-19,21,23-24,26,28-32,34,36-39H2,1-5H3,(H-,43,46,47,48)/p+1/b22-20+,27-25+,35-33+/t40-,41+/m0/s1. The van der Waals surface area contributed by atoms with Crippen LogP contribution in [0.15, 0.2) is 36.5 Å². The SMILES string of the molecule is CCCCCCCC/C=C/CCCCCCCC(=O)N[C@@H](COP(=O)(O)OCC[N+](C)(C)C)[C@H](O)/C=C/CC/C=C/CCCCCCCCCC. The van der Waals surface area contributed by atoms with E-state index in [1.807, 2.05) is 27.2 Å². The zero-order valence-corrected chi connectivity index (χ0v) is 34.7. The van der Waals surface area contributed by atoms with Crippen molar-refractivity contribution in [2.24, 2.45) is 0 Å². The fraction of sp³-hybridized carbons (Fsp3) is 0.833. The summed E-state index contributed by atoms with van der Waals surface area (Å²) in [6.07, 6.45) is 40.6. The second kappa shape index (κ2) is 34.5. The Labute approximate surface area is 315 Å². The number of allylic oxidation sites excluding steroid dienone is 5. The molecule has 51 heavy (non-hydrogen) atoms. The zero-order valence-electron chi connectivity index (χ0n) is 33.8. The minimum atomic E-state index is -4.34. The Balaban J connectivity index is 4.55. The average Bonchev–Trinajstić information content (AvgIpc) is 3.07. The van der Waals surface area contributed by atoms with Crippen LogP contribution in [-0.2, 0) is 18.4 Å². The van der Waals surface area contributed by atoms with Gasteiger partial charge in [0.05, 0.1) is 39.9 Å². The number of unbranched alkanes of at least 4 members (excludes halogenated alkanes) is 20. The maximum Gasteiger partial charge on any atom is 0.472 e. The molecule has 0 aromatic rings. The molecule has 9 heteroatoms. The van der Waals surface area contributed by atoms with Gasteiger partial charge < -0.3 is 19.8 Å². The summed E-state index contributed by atoms with van der Waals surface area (Å²) in [5.41, 5.74) is 0. The highest BCUT2D eigenvalue weighted by atomic mass is 31.2. The van der Waals surface area contributed by atoms with E-state index in [2.05, 4.69) is 43.5 Å². The second-order valence-corrected chi connectivity index (χ2v) is 16.8. The lowest BCUT2D eigenvalue weighted by Crippen LogP contribution is -2.45. The molecule has 0 rings (SSSR count). The lowest BCUT2D eigenvalue weighted by Gasteiger charge is -2.25. The molecule has 0 bridgehead atoms. The normalized spacial score (nSPS) is 14.9. The first-order chi connectivity index (χ1) is 24.5. The quantitative estimate of drug-likeness (QED) is 0.0253. The van der Waals surface area contributed by atoms with Crippen molar-refractivity contribution in [2.75, 3.05) is 40.9 Å². The molecule has 0 aromatic heterocycles. The number of hydrogen-bond acceptors (Lipinski definition) is 5. The number of aliphatic hydroxyl groups excluding tert-OH is 1. The first kappa shape index (κ1) is 49.7. The van der Waals surface area contributed by atoms with Crippen LogP contribution < -0.4 is 5.32 Å². The van der Waals surface area contributed by atoms with E-state index in [4.69, 9.17) is 9.05 Å². The van der Waals surface area contributed by atoms with Crippen molar-refractivity contribution in [1.82, 2.24) is 5.32 Å². The van der Waals surface area contributed by atoms with E-state index in [0.29, 0.717) is 17.4 Å². The first-order valence-electron chi connectivity index (χ1n) is 20.9. The lowest BCUT2D eigenvalue weighted by molar-refractivity contribution is -0.870. The zero-order chi connectivity index (χ0) is 37.9. The van der Waals surface area contributed by atoms with Crippen LogP contribution in [0.3, 0.4) is 0 Å². The van der Waals surface area contributed by atoms with E-state index >= 15 is 0 Å². The van der Waals surface area contributed by atoms with Crippen molar-refractivity contribution in [2.45, 2.75) is 187 Å². The molecule has 0 aliphatic rings. The number of rotatable bonds is 37. The maximum absolute atomic E-state index is 12.8. The number of phosphoric acid groups is 1. The number of nitrogens with zero attached hydrogens (tertiary/aromatic N) is 1. The Bertz CT molecular complexity index is 933. The molecular weight excluding hydrogens is 659 g/mol. The summed E-state index contributed by atoms with van der Waals surface area (Å²) in [6, 6.07) is -0.864. The average molecular weight is 742 g/mol. The molecule has 0 aliphatic heterocycles. The first-order valence-corrected chi connectivity index (χ1v) is 22.4. The Morgan fingerprint density at radius 1 is 0.647 bits per heavy atom. The van der Waals surface area contributed by atoms with Crippen LogP contribution in [0.5, 0.6) is 0 Å². The van der Waals surface area contributed by atoms with Crippen molar-refractivity contribution in [1.29, 1.82) is 0 Å². The van der Waals surface area contributed by atoms with Gasteiger partial charge in [-0.1, -0.05) is 147 Å². The van der Waals surface area contributed by atoms with Crippen LogP contribution in [-0.4, -0.2) is 73.4 Å². The minimum absolute atomic E-state index is 0.0544. The Kier molecular flexibility index (Phi) is 33.6. The van der Waals surface area contributed by atoms with Gasteiger partial charge in [0.1, 0.15) is 13.2 Å². The minimum Gasteiger partial charge on any atom is -0.387 e. The molecule has 0 radical (unpaired) electrons. The van der Waals surface area contributed by atoms with E-state index in [1.54, 1.807) is 6.08 Å². The fourth-order valence-corrected chi connectivity index (χ4v) is 6.43. The summed E-state index contributed by atoms with van der Waals surface area (Å²) in [7, 11) is 1.55. The lowest BCUT2D eigenvalue weighted by atomic mass is 10.1. The molecule has 8 nitrogen and oxygen atoms in total. The Hall–Kier alpha value is -1.28. The van der Waals surface area contributed by atoms with Gasteiger partial charge in [0, 0.05) is 6.42 Å². The molecule has 0 aromatic carbocycles. The van der Waals surface area contributed by atoms with Crippen molar-refractivity contribution in [3.63, 3.8) is 0 Å². The van der Waals surface area contributed by atoms with Gasteiger partial charge in [-0.2, -0.15) is 0 Å². The topological polar surface area (TPSA) is 105 Å². The number of phosphoric ester groups is 1. The molecule has 300 valence electrons. The highest BCUT2D eigenvalue weighted by Crippen LogP contribution is 2.43. The van der Waals surface area contributed by atoms with Crippen LogP contribution in [0.4, 0.5) is 0 Å². The molecule has 0 saturated carbocycles. The third-order valence-corrected chi connectivity index (χ3v) is 10.1. The summed E-state index contributed by atoms with van der Waals surface area (Å²) < 4.78 is 23.5. The number of hydrogen-bond donors (Lipinski definition) is 3. The van der Waals surface area contributed by atoms with Gasteiger partial charge in [-0.05, 0) is 57.8 Å². The number of carbonyl (C=O) groups excluding carboxylic acids is 1. The number of likely N-dealkylation sites (N-methyl/N-ethyl adjacent to an activating group) is 1. The Morgan fingerprint density at radius 3 is 1.57 bits per heavy atom. The van der Waals surface area contributed by atoms with Crippen LogP contribution >= 0.6 is 7.82 Å². The van der Waals surface area contributed by atoms with Crippen molar-refractivity contribution in [3.05, 3.63) is 36.5 Å². The summed E-state index contributed by atoms with van der Waals surface area (Å²) in [4.78, 5) is 23.0. The molecule has 0 heterocycles. The number of carbonyl (C=O) groups is 1. The van der Waals surface area contributed by atoms with Gasteiger partial charge in [-0.3, -0.25) is 13.8 Å². The predicted molar refractivity (Wildman–Crippen MR) is 217 cm³/mol. The monoisotopic (exact) mass is 742 g/mol. The summed E-state index contributed by atoms with van der Waals surface area (Å²) in [5, 5.41) is 13.8. The number of amides is 1. The van der Waals surface area contributed by atoms with E-state index in [9.17, 15) is 19.4 Å². The molecule has 0 saturated heterocycles. The van der Waals surface area contributed by atoms with Crippen LogP contribution in [0.1, 0.15) is 174 Å². The molecule has 0 fully saturated rings. The smallest absolute Gasteiger partial charge is 0.387 e. The van der Waals surface area contributed by atoms with Gasteiger partial charge in [-0.25, -0.2) is 4.57 Å². The number of quaternary nitrogens is 1.